The largest absolute Gasteiger partial charge is 0.508 e. The minimum Gasteiger partial charge on any atom is -0.508 e. The molecule has 0 amide bonds. The molecule has 3 aromatic rings. The Morgan fingerprint density at radius 2 is 2.00 bits per heavy atom. The van der Waals surface area contributed by atoms with Crippen molar-refractivity contribution >= 4 is 23.2 Å². The molecule has 6 nitrogen and oxygen atoms in total. The zero-order valence-electron chi connectivity index (χ0n) is 10.4. The Bertz CT molecular complexity index is 747. The van der Waals surface area contributed by atoms with Crippen LogP contribution in [0, 0.1) is 0 Å². The average Bonchev–Trinajstić information content (AvgIpc) is 2.84. The molecule has 2 aromatic carbocycles. The van der Waals surface area contributed by atoms with Crippen LogP contribution >= 0.6 is 0 Å². The van der Waals surface area contributed by atoms with E-state index < -0.39 is 0 Å². The summed E-state index contributed by atoms with van der Waals surface area (Å²) in [5, 5.41) is 22.8. The van der Waals surface area contributed by atoms with Crippen molar-refractivity contribution in [1.29, 1.82) is 0 Å². The molecule has 1 aromatic heterocycles. The van der Waals surface area contributed by atoms with Gasteiger partial charge in [-0.2, -0.15) is 5.10 Å². The van der Waals surface area contributed by atoms with E-state index in [0.29, 0.717) is 11.5 Å². The van der Waals surface area contributed by atoms with Gasteiger partial charge in [0, 0.05) is 11.6 Å². The van der Waals surface area contributed by atoms with Crippen LogP contribution in [0.2, 0.25) is 0 Å². The minimum atomic E-state index is -0.0415. The highest BCUT2D eigenvalue weighted by Gasteiger charge is 2.01. The third-order valence-corrected chi connectivity index (χ3v) is 2.78. The Morgan fingerprint density at radius 3 is 2.80 bits per heavy atom. The van der Waals surface area contributed by atoms with E-state index in [4.69, 9.17) is 0 Å². The van der Waals surface area contributed by atoms with Crippen LogP contribution in [0.5, 0.6) is 11.5 Å². The number of hydrogen-bond acceptors (Lipinski definition) is 5. The van der Waals surface area contributed by atoms with Gasteiger partial charge in [-0.25, -0.2) is 10.4 Å². The van der Waals surface area contributed by atoms with Gasteiger partial charge in [-0.3, -0.25) is 0 Å². The Morgan fingerprint density at radius 1 is 1.15 bits per heavy atom. The van der Waals surface area contributed by atoms with E-state index in [1.165, 1.54) is 18.3 Å². The molecule has 0 atom stereocenters. The number of aromatic amines is 1. The molecule has 0 aliphatic rings. The SMILES string of the molecule is Oc1ccc(/C=N/Nc2nc3ccccc3[nH]2)c(O)c1. The first-order valence-corrected chi connectivity index (χ1v) is 5.98. The molecule has 0 saturated heterocycles. The number of nitrogens with zero attached hydrogens (tertiary/aromatic N) is 2. The lowest BCUT2D eigenvalue weighted by molar-refractivity contribution is 0.450. The van der Waals surface area contributed by atoms with Gasteiger partial charge in [-0.05, 0) is 24.3 Å². The fourth-order valence-electron chi connectivity index (χ4n) is 1.81. The van der Waals surface area contributed by atoms with Crippen molar-refractivity contribution < 1.29 is 10.2 Å². The second kappa shape index (κ2) is 4.93. The van der Waals surface area contributed by atoms with E-state index in [1.54, 1.807) is 6.07 Å². The van der Waals surface area contributed by atoms with Crippen LogP contribution in [0.1, 0.15) is 5.56 Å². The predicted molar refractivity (Wildman–Crippen MR) is 77.1 cm³/mol. The number of imidazole rings is 1. The fraction of sp³-hybridized carbons (Fsp3) is 0. The summed E-state index contributed by atoms with van der Waals surface area (Å²) in [6.45, 7) is 0. The summed E-state index contributed by atoms with van der Waals surface area (Å²) in [4.78, 5) is 7.36. The molecule has 6 heteroatoms. The molecule has 4 N–H and O–H groups in total. The van der Waals surface area contributed by atoms with Crippen molar-refractivity contribution in [1.82, 2.24) is 9.97 Å². The molecule has 0 spiro atoms. The van der Waals surface area contributed by atoms with Crippen LogP contribution in [0.25, 0.3) is 11.0 Å². The fourth-order valence-corrected chi connectivity index (χ4v) is 1.81. The summed E-state index contributed by atoms with van der Waals surface area (Å²) in [6, 6.07) is 11.9. The van der Waals surface area contributed by atoms with E-state index >= 15 is 0 Å². The first-order valence-electron chi connectivity index (χ1n) is 5.98. The van der Waals surface area contributed by atoms with Crippen LogP contribution in [0.15, 0.2) is 47.6 Å². The van der Waals surface area contributed by atoms with Gasteiger partial charge in [-0.1, -0.05) is 12.1 Å². The molecular weight excluding hydrogens is 256 g/mol. The monoisotopic (exact) mass is 268 g/mol. The molecule has 0 unspecified atom stereocenters. The topological polar surface area (TPSA) is 93.5 Å². The number of aromatic nitrogens is 2. The summed E-state index contributed by atoms with van der Waals surface area (Å²) in [6.07, 6.45) is 1.45. The van der Waals surface area contributed by atoms with Crippen molar-refractivity contribution in [3.8, 4) is 11.5 Å². The van der Waals surface area contributed by atoms with Crippen LogP contribution in [-0.4, -0.2) is 26.4 Å². The smallest absolute Gasteiger partial charge is 0.222 e. The maximum absolute atomic E-state index is 9.60. The summed E-state index contributed by atoms with van der Waals surface area (Å²) in [7, 11) is 0. The number of fused-ring (bicyclic) bond motifs is 1. The zero-order valence-corrected chi connectivity index (χ0v) is 10.4. The first kappa shape index (κ1) is 12.0. The number of benzene rings is 2. The Balaban J connectivity index is 1.76. The number of anilines is 1. The van der Waals surface area contributed by atoms with Crippen LogP contribution in [0.4, 0.5) is 5.95 Å². The summed E-state index contributed by atoms with van der Waals surface area (Å²) >= 11 is 0. The number of hydrazone groups is 1. The third-order valence-electron chi connectivity index (χ3n) is 2.78. The van der Waals surface area contributed by atoms with Crippen LogP contribution in [0.3, 0.4) is 0 Å². The molecule has 1 heterocycles. The van der Waals surface area contributed by atoms with Crippen LogP contribution in [-0.2, 0) is 0 Å². The molecule has 0 aliphatic heterocycles. The van der Waals surface area contributed by atoms with Crippen molar-refractivity contribution in [3.05, 3.63) is 48.0 Å². The van der Waals surface area contributed by atoms with E-state index in [-0.39, 0.29) is 11.5 Å². The molecule has 0 radical (unpaired) electrons. The van der Waals surface area contributed by atoms with Gasteiger partial charge in [0.1, 0.15) is 11.5 Å². The standard InChI is InChI=1S/C14H12N4O2/c19-10-6-5-9(13(20)7-10)8-15-18-14-16-11-3-1-2-4-12(11)17-14/h1-8,19-20H,(H2,16,17,18)/b15-8+. The van der Waals surface area contributed by atoms with Crippen molar-refractivity contribution in [2.24, 2.45) is 5.10 Å². The molecule has 3 rings (SSSR count). The Labute approximate surface area is 114 Å². The van der Waals surface area contributed by atoms with Gasteiger partial charge in [0.2, 0.25) is 5.95 Å². The van der Waals surface area contributed by atoms with E-state index in [9.17, 15) is 10.2 Å². The third kappa shape index (κ3) is 2.39. The van der Waals surface area contributed by atoms with E-state index in [2.05, 4.69) is 20.5 Å². The lowest BCUT2D eigenvalue weighted by Gasteiger charge is -1.99. The number of hydrogen-bond donors (Lipinski definition) is 4. The maximum atomic E-state index is 9.60. The maximum Gasteiger partial charge on any atom is 0.222 e. The lowest BCUT2D eigenvalue weighted by Crippen LogP contribution is -1.92. The number of aromatic hydroxyl groups is 2. The van der Waals surface area contributed by atoms with Crippen molar-refractivity contribution in [3.63, 3.8) is 0 Å². The van der Waals surface area contributed by atoms with Crippen LogP contribution < -0.4 is 5.43 Å². The van der Waals surface area contributed by atoms with Gasteiger partial charge >= 0.3 is 0 Å². The normalized spacial score (nSPS) is 11.2. The molecular formula is C14H12N4O2. The number of phenols is 2. The molecule has 0 bridgehead atoms. The number of nitrogens with one attached hydrogen (secondary N) is 2. The lowest BCUT2D eigenvalue weighted by atomic mass is 10.2. The molecule has 0 fully saturated rings. The van der Waals surface area contributed by atoms with E-state index in [0.717, 1.165) is 11.0 Å². The highest BCUT2D eigenvalue weighted by atomic mass is 16.3. The predicted octanol–water partition coefficient (Wildman–Crippen LogP) is 2.42. The highest BCUT2D eigenvalue weighted by molar-refractivity contribution is 5.84. The summed E-state index contributed by atoms with van der Waals surface area (Å²) in [5.74, 6) is 0.478. The second-order valence-electron chi connectivity index (χ2n) is 4.22. The number of H-pyrrole nitrogens is 1. The van der Waals surface area contributed by atoms with Gasteiger partial charge in [0.25, 0.3) is 0 Å². The number of phenolic OH excluding ortho intramolecular Hbond substituents is 2. The molecule has 0 saturated carbocycles. The average molecular weight is 268 g/mol. The molecule has 0 aliphatic carbocycles. The highest BCUT2D eigenvalue weighted by Crippen LogP contribution is 2.21. The number of para-hydroxylation sites is 2. The van der Waals surface area contributed by atoms with Gasteiger partial charge < -0.3 is 15.2 Å². The summed E-state index contributed by atoms with van der Waals surface area (Å²) in [5.41, 5.74) is 5.01. The summed E-state index contributed by atoms with van der Waals surface area (Å²) < 4.78 is 0. The van der Waals surface area contributed by atoms with Gasteiger partial charge in [-0.15, -0.1) is 0 Å². The quantitative estimate of drug-likeness (QED) is 0.433. The number of rotatable bonds is 3. The zero-order chi connectivity index (χ0) is 13.9. The van der Waals surface area contributed by atoms with Crippen molar-refractivity contribution in [2.45, 2.75) is 0 Å². The van der Waals surface area contributed by atoms with E-state index in [1.807, 2.05) is 24.3 Å². The Kier molecular flexibility index (Phi) is 2.96. The second-order valence-corrected chi connectivity index (χ2v) is 4.22. The molecule has 20 heavy (non-hydrogen) atoms. The first-order chi connectivity index (χ1) is 9.72. The Hall–Kier alpha value is -3.02. The molecule has 100 valence electrons. The minimum absolute atomic E-state index is 0.00453. The van der Waals surface area contributed by atoms with Gasteiger partial charge in [0.15, 0.2) is 0 Å². The van der Waals surface area contributed by atoms with Crippen molar-refractivity contribution in [2.75, 3.05) is 5.43 Å². The van der Waals surface area contributed by atoms with Gasteiger partial charge in [0.05, 0.1) is 17.2 Å².